The lowest BCUT2D eigenvalue weighted by Gasteiger charge is -2.34. The molecule has 1 saturated heterocycles. The molecule has 1 unspecified atom stereocenters. The summed E-state index contributed by atoms with van der Waals surface area (Å²) in [5, 5.41) is 2.94. The summed E-state index contributed by atoms with van der Waals surface area (Å²) in [6.45, 7) is 9.31. The number of benzene rings is 1. The molecule has 29 heavy (non-hydrogen) atoms. The van der Waals surface area contributed by atoms with Crippen molar-refractivity contribution in [3.8, 4) is 0 Å². The highest BCUT2D eigenvalue weighted by Gasteiger charge is 2.27. The number of ether oxygens (including phenoxy) is 1. The fourth-order valence-corrected chi connectivity index (χ4v) is 3.41. The maximum Gasteiger partial charge on any atom is 0.409 e. The van der Waals surface area contributed by atoms with Crippen LogP contribution in [0.3, 0.4) is 0 Å². The SMILES string of the molecule is CCC[NH+](CC(=O)Nc1ccccc1C)CC(=O)N1CCN(C(=O)OCC)CC1. The second-order valence-electron chi connectivity index (χ2n) is 7.28. The summed E-state index contributed by atoms with van der Waals surface area (Å²) < 4.78 is 5.01. The van der Waals surface area contributed by atoms with Gasteiger partial charge in [-0.3, -0.25) is 9.59 Å². The van der Waals surface area contributed by atoms with E-state index in [1.165, 1.54) is 0 Å². The Morgan fingerprint density at radius 2 is 1.69 bits per heavy atom. The second kappa shape index (κ2) is 11.4. The van der Waals surface area contributed by atoms with E-state index in [1.807, 2.05) is 38.1 Å². The van der Waals surface area contributed by atoms with Crippen LogP contribution in [-0.2, 0) is 14.3 Å². The van der Waals surface area contributed by atoms with E-state index < -0.39 is 0 Å². The van der Waals surface area contributed by atoms with Crippen molar-refractivity contribution in [1.82, 2.24) is 9.80 Å². The van der Waals surface area contributed by atoms with Crippen LogP contribution in [0, 0.1) is 6.92 Å². The number of amides is 3. The molecule has 1 atom stereocenters. The number of aryl methyl sites for hydroxylation is 1. The number of rotatable bonds is 8. The third kappa shape index (κ3) is 7.05. The van der Waals surface area contributed by atoms with Gasteiger partial charge in [0, 0.05) is 31.9 Å². The molecule has 1 aliphatic heterocycles. The molecule has 1 aromatic carbocycles. The standard InChI is InChI=1S/C21H32N4O4/c1-4-10-23(15-19(26)22-18-9-7-6-8-17(18)3)16-20(27)24-11-13-25(14-12-24)21(28)29-5-2/h6-9H,4-5,10-16H2,1-3H3,(H,22,26)/p+1. The molecule has 2 N–H and O–H groups in total. The van der Waals surface area contributed by atoms with Crippen molar-refractivity contribution in [2.45, 2.75) is 27.2 Å². The number of quaternary nitrogens is 1. The first-order chi connectivity index (χ1) is 13.9. The molecule has 0 aliphatic carbocycles. The van der Waals surface area contributed by atoms with Gasteiger partial charge in [-0.15, -0.1) is 0 Å². The zero-order valence-electron chi connectivity index (χ0n) is 17.7. The van der Waals surface area contributed by atoms with Gasteiger partial charge >= 0.3 is 6.09 Å². The van der Waals surface area contributed by atoms with Crippen molar-refractivity contribution in [2.24, 2.45) is 0 Å². The molecule has 1 fully saturated rings. The van der Waals surface area contributed by atoms with Gasteiger partial charge in [0.1, 0.15) is 0 Å². The van der Waals surface area contributed by atoms with E-state index in [1.54, 1.807) is 16.7 Å². The summed E-state index contributed by atoms with van der Waals surface area (Å²) in [4.78, 5) is 41.3. The number of hydrogen-bond donors (Lipinski definition) is 2. The molecular weight excluding hydrogens is 372 g/mol. The smallest absolute Gasteiger partial charge is 0.409 e. The molecule has 0 bridgehead atoms. The van der Waals surface area contributed by atoms with Gasteiger partial charge < -0.3 is 24.8 Å². The monoisotopic (exact) mass is 405 g/mol. The lowest BCUT2D eigenvalue weighted by molar-refractivity contribution is -0.884. The number of anilines is 1. The van der Waals surface area contributed by atoms with Gasteiger partial charge in [-0.2, -0.15) is 0 Å². The molecule has 8 heteroatoms. The Balaban J connectivity index is 1.85. The summed E-state index contributed by atoms with van der Waals surface area (Å²) in [6, 6.07) is 7.64. The molecular formula is C21H33N4O4+. The molecule has 1 aliphatic rings. The quantitative estimate of drug-likeness (QED) is 0.661. The number of nitrogens with one attached hydrogen (secondary N) is 2. The van der Waals surface area contributed by atoms with Gasteiger partial charge in [0.15, 0.2) is 13.1 Å². The number of carbonyl (C=O) groups is 3. The topological polar surface area (TPSA) is 83.4 Å². The lowest BCUT2D eigenvalue weighted by atomic mass is 10.2. The number of carbonyl (C=O) groups excluding carboxylic acids is 3. The minimum Gasteiger partial charge on any atom is -0.450 e. The molecule has 1 aromatic rings. The molecule has 160 valence electrons. The predicted molar refractivity (Wildman–Crippen MR) is 111 cm³/mol. The Hall–Kier alpha value is -2.61. The summed E-state index contributed by atoms with van der Waals surface area (Å²) in [5.41, 5.74) is 1.81. The van der Waals surface area contributed by atoms with Crippen LogP contribution in [0.4, 0.5) is 10.5 Å². The van der Waals surface area contributed by atoms with Crippen molar-refractivity contribution in [1.29, 1.82) is 0 Å². The Morgan fingerprint density at radius 1 is 1.03 bits per heavy atom. The first-order valence-electron chi connectivity index (χ1n) is 10.3. The maximum absolute atomic E-state index is 12.7. The normalized spacial score (nSPS) is 15.0. The predicted octanol–water partition coefficient (Wildman–Crippen LogP) is 0.529. The van der Waals surface area contributed by atoms with Crippen LogP contribution < -0.4 is 10.2 Å². The number of para-hydroxylation sites is 1. The minimum absolute atomic E-state index is 0.0145. The average Bonchev–Trinajstić information content (AvgIpc) is 2.70. The van der Waals surface area contributed by atoms with Gasteiger partial charge in [0.05, 0.1) is 13.2 Å². The van der Waals surface area contributed by atoms with E-state index in [-0.39, 0.29) is 31.0 Å². The van der Waals surface area contributed by atoms with Crippen LogP contribution in [0.5, 0.6) is 0 Å². The fourth-order valence-electron chi connectivity index (χ4n) is 3.41. The third-order valence-electron chi connectivity index (χ3n) is 4.99. The highest BCUT2D eigenvalue weighted by molar-refractivity contribution is 5.92. The van der Waals surface area contributed by atoms with Crippen LogP contribution in [0.1, 0.15) is 25.8 Å². The van der Waals surface area contributed by atoms with Crippen molar-refractivity contribution in [3.63, 3.8) is 0 Å². The molecule has 3 amide bonds. The molecule has 0 radical (unpaired) electrons. The van der Waals surface area contributed by atoms with Gasteiger partial charge in [-0.25, -0.2) is 4.79 Å². The zero-order valence-corrected chi connectivity index (χ0v) is 17.7. The van der Waals surface area contributed by atoms with Crippen molar-refractivity contribution in [2.75, 3.05) is 57.7 Å². The summed E-state index contributed by atoms with van der Waals surface area (Å²) >= 11 is 0. The Labute approximate surface area is 172 Å². The van der Waals surface area contributed by atoms with Crippen molar-refractivity contribution < 1.29 is 24.0 Å². The van der Waals surface area contributed by atoms with Crippen molar-refractivity contribution >= 4 is 23.6 Å². The summed E-state index contributed by atoms with van der Waals surface area (Å²) in [5.74, 6) is -0.0802. The largest absolute Gasteiger partial charge is 0.450 e. The Morgan fingerprint density at radius 3 is 2.31 bits per heavy atom. The lowest BCUT2D eigenvalue weighted by Crippen LogP contribution is -3.14. The molecule has 8 nitrogen and oxygen atoms in total. The Bertz CT molecular complexity index is 702. The van der Waals surface area contributed by atoms with E-state index in [4.69, 9.17) is 4.74 Å². The van der Waals surface area contributed by atoms with Crippen molar-refractivity contribution in [3.05, 3.63) is 29.8 Å². The van der Waals surface area contributed by atoms with E-state index in [0.717, 1.165) is 29.1 Å². The number of nitrogens with zero attached hydrogens (tertiary/aromatic N) is 2. The maximum atomic E-state index is 12.7. The summed E-state index contributed by atoms with van der Waals surface area (Å²) in [7, 11) is 0. The van der Waals surface area contributed by atoms with Crippen LogP contribution >= 0.6 is 0 Å². The van der Waals surface area contributed by atoms with Gasteiger partial charge in [-0.05, 0) is 31.9 Å². The molecule has 0 aromatic heterocycles. The first kappa shape index (κ1) is 22.7. The van der Waals surface area contributed by atoms with E-state index >= 15 is 0 Å². The highest BCUT2D eigenvalue weighted by Crippen LogP contribution is 2.12. The zero-order chi connectivity index (χ0) is 21.2. The van der Waals surface area contributed by atoms with Crippen LogP contribution in [0.25, 0.3) is 0 Å². The summed E-state index contributed by atoms with van der Waals surface area (Å²) in [6.07, 6.45) is 0.558. The van der Waals surface area contributed by atoms with Gasteiger partial charge in [0.2, 0.25) is 0 Å². The Kier molecular flexibility index (Phi) is 8.92. The van der Waals surface area contributed by atoms with Crippen LogP contribution in [0.2, 0.25) is 0 Å². The molecule has 2 rings (SSSR count). The van der Waals surface area contributed by atoms with E-state index in [0.29, 0.717) is 32.8 Å². The van der Waals surface area contributed by atoms with Gasteiger partial charge in [0.25, 0.3) is 11.8 Å². The first-order valence-corrected chi connectivity index (χ1v) is 10.3. The molecule has 0 saturated carbocycles. The highest BCUT2D eigenvalue weighted by atomic mass is 16.6. The van der Waals surface area contributed by atoms with Crippen LogP contribution in [0.15, 0.2) is 24.3 Å². The number of piperazine rings is 1. The second-order valence-corrected chi connectivity index (χ2v) is 7.28. The van der Waals surface area contributed by atoms with E-state index in [9.17, 15) is 14.4 Å². The van der Waals surface area contributed by atoms with E-state index in [2.05, 4.69) is 5.32 Å². The third-order valence-corrected chi connectivity index (χ3v) is 4.99. The van der Waals surface area contributed by atoms with Crippen LogP contribution in [-0.4, -0.2) is 80.1 Å². The molecule has 0 spiro atoms. The number of hydrogen-bond acceptors (Lipinski definition) is 4. The fraction of sp³-hybridized carbons (Fsp3) is 0.571. The average molecular weight is 406 g/mol. The van der Waals surface area contributed by atoms with Gasteiger partial charge in [-0.1, -0.05) is 25.1 Å². The minimum atomic E-state index is -0.328. The molecule has 1 heterocycles.